The molecule has 0 aromatic carbocycles. The summed E-state index contributed by atoms with van der Waals surface area (Å²) >= 11 is 6.42. The van der Waals surface area contributed by atoms with E-state index in [2.05, 4.69) is 29.6 Å². The Bertz CT molecular complexity index is 1090. The summed E-state index contributed by atoms with van der Waals surface area (Å²) in [7, 11) is 1.95. The minimum absolute atomic E-state index is 0.351. The molecule has 1 aliphatic rings. The number of imidazole rings is 1. The van der Waals surface area contributed by atoms with E-state index >= 15 is 0 Å². The first kappa shape index (κ1) is 14.9. The molecule has 0 spiro atoms. The fourth-order valence-corrected chi connectivity index (χ4v) is 4.35. The van der Waals surface area contributed by atoms with Gasteiger partial charge in [0.1, 0.15) is 22.8 Å². The average Bonchev–Trinajstić information content (AvgIpc) is 3.31. The van der Waals surface area contributed by atoms with Gasteiger partial charge in [-0.3, -0.25) is 4.68 Å². The molecular formula is C17H18ClN7. The molecule has 0 aliphatic heterocycles. The van der Waals surface area contributed by atoms with E-state index in [4.69, 9.17) is 11.6 Å². The zero-order chi connectivity index (χ0) is 17.1. The van der Waals surface area contributed by atoms with Crippen molar-refractivity contribution in [3.63, 3.8) is 0 Å². The molecule has 0 bridgehead atoms. The fraction of sp³-hybridized carbons (Fsp3) is 0.412. The molecule has 128 valence electrons. The molecule has 0 saturated heterocycles. The SMILES string of the molecule is Cc1cc2c(Cl)nc3c(ncn3C3CC[C@@H](c4ncnn4C)C3)c2[nH]1. The zero-order valence-corrected chi connectivity index (χ0v) is 14.8. The Balaban J connectivity index is 1.57. The smallest absolute Gasteiger partial charge is 0.163 e. The topological polar surface area (TPSA) is 77.2 Å². The number of pyridine rings is 1. The van der Waals surface area contributed by atoms with Crippen LogP contribution in [0, 0.1) is 6.92 Å². The quantitative estimate of drug-likeness (QED) is 0.558. The van der Waals surface area contributed by atoms with Crippen LogP contribution in [0.25, 0.3) is 22.1 Å². The van der Waals surface area contributed by atoms with Gasteiger partial charge < -0.3 is 9.55 Å². The maximum atomic E-state index is 6.42. The van der Waals surface area contributed by atoms with Crippen LogP contribution in [0.4, 0.5) is 0 Å². The van der Waals surface area contributed by atoms with Gasteiger partial charge in [-0.1, -0.05) is 11.6 Å². The number of H-pyrrole nitrogens is 1. The molecule has 5 rings (SSSR count). The number of rotatable bonds is 2. The van der Waals surface area contributed by atoms with E-state index in [0.29, 0.717) is 17.1 Å². The first-order valence-electron chi connectivity index (χ1n) is 8.47. The number of nitrogens with zero attached hydrogens (tertiary/aromatic N) is 6. The summed E-state index contributed by atoms with van der Waals surface area (Å²) in [5, 5.41) is 5.65. The molecule has 0 amide bonds. The van der Waals surface area contributed by atoms with E-state index in [1.165, 1.54) is 0 Å². The lowest BCUT2D eigenvalue weighted by Crippen LogP contribution is -2.07. The van der Waals surface area contributed by atoms with Crippen molar-refractivity contribution in [1.29, 1.82) is 0 Å². The van der Waals surface area contributed by atoms with Gasteiger partial charge in [0.2, 0.25) is 0 Å². The summed E-state index contributed by atoms with van der Waals surface area (Å²) in [6, 6.07) is 2.37. The van der Waals surface area contributed by atoms with Gasteiger partial charge in [-0.25, -0.2) is 15.0 Å². The fourth-order valence-electron chi connectivity index (χ4n) is 4.12. The molecule has 0 radical (unpaired) electrons. The minimum atomic E-state index is 0.351. The monoisotopic (exact) mass is 355 g/mol. The predicted octanol–water partition coefficient (Wildman–Crippen LogP) is 3.51. The Morgan fingerprint density at radius 1 is 1.28 bits per heavy atom. The highest BCUT2D eigenvalue weighted by molar-refractivity contribution is 6.35. The first-order valence-corrected chi connectivity index (χ1v) is 8.85. The van der Waals surface area contributed by atoms with Crippen molar-refractivity contribution in [1.82, 2.24) is 34.3 Å². The van der Waals surface area contributed by atoms with E-state index in [1.54, 1.807) is 6.33 Å². The summed E-state index contributed by atoms with van der Waals surface area (Å²) in [5.74, 6) is 1.47. The van der Waals surface area contributed by atoms with Crippen LogP contribution in [0.15, 0.2) is 18.7 Å². The summed E-state index contributed by atoms with van der Waals surface area (Å²) in [5.41, 5.74) is 3.76. The van der Waals surface area contributed by atoms with Gasteiger partial charge in [0.15, 0.2) is 5.65 Å². The standard InChI is InChI=1S/C17H18ClN7/c1-9-5-12-13(22-9)14-17(23-15(12)18)25(8-20-14)11-4-3-10(6-11)16-19-7-21-24(16)2/h5,7-8,10-11,22H,3-4,6H2,1-2H3/t10-,11?/m1/s1. The largest absolute Gasteiger partial charge is 0.357 e. The first-order chi connectivity index (χ1) is 12.1. The Morgan fingerprint density at radius 2 is 2.16 bits per heavy atom. The Labute approximate surface area is 149 Å². The number of aromatic nitrogens is 7. The molecule has 4 aromatic rings. The number of hydrogen-bond donors (Lipinski definition) is 1. The van der Waals surface area contributed by atoms with Crippen LogP contribution in [-0.4, -0.2) is 34.3 Å². The van der Waals surface area contributed by atoms with Gasteiger partial charge in [0.05, 0.1) is 11.8 Å². The van der Waals surface area contributed by atoms with Crippen molar-refractivity contribution in [2.75, 3.05) is 0 Å². The van der Waals surface area contributed by atoms with Gasteiger partial charge in [-0.15, -0.1) is 0 Å². The molecule has 1 saturated carbocycles. The second kappa shape index (κ2) is 5.29. The van der Waals surface area contributed by atoms with E-state index in [9.17, 15) is 0 Å². The van der Waals surface area contributed by atoms with Crippen molar-refractivity contribution >= 4 is 33.7 Å². The lowest BCUT2D eigenvalue weighted by atomic mass is 10.1. The van der Waals surface area contributed by atoms with Gasteiger partial charge in [0.25, 0.3) is 0 Å². The maximum Gasteiger partial charge on any atom is 0.163 e. The summed E-state index contributed by atoms with van der Waals surface area (Å²) in [6.07, 6.45) is 6.70. The van der Waals surface area contributed by atoms with Gasteiger partial charge in [-0.2, -0.15) is 5.10 Å². The normalized spacial score (nSPS) is 20.9. The molecule has 1 fully saturated rings. The average molecular weight is 356 g/mol. The number of hydrogen-bond acceptors (Lipinski definition) is 4. The molecule has 2 atom stereocenters. The number of aryl methyl sites for hydroxylation is 2. The van der Waals surface area contributed by atoms with Crippen LogP contribution < -0.4 is 0 Å². The Morgan fingerprint density at radius 3 is 2.96 bits per heavy atom. The van der Waals surface area contributed by atoms with Crippen molar-refractivity contribution in [2.45, 2.75) is 38.1 Å². The molecule has 1 aliphatic carbocycles. The van der Waals surface area contributed by atoms with E-state index in [1.807, 2.05) is 31.0 Å². The molecular weight excluding hydrogens is 338 g/mol. The molecule has 7 nitrogen and oxygen atoms in total. The van der Waals surface area contributed by atoms with Crippen LogP contribution >= 0.6 is 11.6 Å². The van der Waals surface area contributed by atoms with E-state index < -0.39 is 0 Å². The molecule has 1 unspecified atom stereocenters. The molecule has 4 heterocycles. The van der Waals surface area contributed by atoms with Crippen LogP contribution in [0.3, 0.4) is 0 Å². The number of fused-ring (bicyclic) bond motifs is 3. The highest BCUT2D eigenvalue weighted by atomic mass is 35.5. The third-order valence-electron chi connectivity index (χ3n) is 5.29. The lowest BCUT2D eigenvalue weighted by Gasteiger charge is -2.13. The van der Waals surface area contributed by atoms with Crippen LogP contribution in [0.2, 0.25) is 5.15 Å². The predicted molar refractivity (Wildman–Crippen MR) is 95.8 cm³/mol. The highest BCUT2D eigenvalue weighted by Crippen LogP contribution is 2.41. The third kappa shape index (κ3) is 2.18. The summed E-state index contributed by atoms with van der Waals surface area (Å²) in [4.78, 5) is 17.1. The van der Waals surface area contributed by atoms with Crippen molar-refractivity contribution in [2.24, 2.45) is 7.05 Å². The highest BCUT2D eigenvalue weighted by Gasteiger charge is 2.31. The van der Waals surface area contributed by atoms with E-state index in [-0.39, 0.29) is 0 Å². The number of nitrogens with one attached hydrogen (secondary N) is 1. The van der Waals surface area contributed by atoms with Crippen molar-refractivity contribution in [3.05, 3.63) is 35.4 Å². The molecule has 1 N–H and O–H groups in total. The maximum absolute atomic E-state index is 6.42. The third-order valence-corrected chi connectivity index (χ3v) is 5.58. The minimum Gasteiger partial charge on any atom is -0.357 e. The Hall–Kier alpha value is -2.41. The molecule has 8 heteroatoms. The second-order valence-electron chi connectivity index (χ2n) is 6.87. The van der Waals surface area contributed by atoms with Gasteiger partial charge in [0, 0.05) is 30.1 Å². The van der Waals surface area contributed by atoms with Gasteiger partial charge in [-0.05, 0) is 32.3 Å². The lowest BCUT2D eigenvalue weighted by molar-refractivity contribution is 0.510. The zero-order valence-electron chi connectivity index (χ0n) is 14.1. The van der Waals surface area contributed by atoms with Crippen LogP contribution in [0.1, 0.15) is 42.7 Å². The molecule has 4 aromatic heterocycles. The Kier molecular flexibility index (Phi) is 3.15. The van der Waals surface area contributed by atoms with E-state index in [0.717, 1.165) is 52.8 Å². The molecule has 25 heavy (non-hydrogen) atoms. The number of halogens is 1. The van der Waals surface area contributed by atoms with Crippen LogP contribution in [-0.2, 0) is 7.05 Å². The summed E-state index contributed by atoms with van der Waals surface area (Å²) in [6.45, 7) is 2.02. The second-order valence-corrected chi connectivity index (χ2v) is 7.23. The van der Waals surface area contributed by atoms with Crippen molar-refractivity contribution < 1.29 is 0 Å². The van der Waals surface area contributed by atoms with Crippen LogP contribution in [0.5, 0.6) is 0 Å². The summed E-state index contributed by atoms with van der Waals surface area (Å²) < 4.78 is 4.05. The number of aromatic amines is 1. The van der Waals surface area contributed by atoms with Gasteiger partial charge >= 0.3 is 0 Å². The van der Waals surface area contributed by atoms with Crippen molar-refractivity contribution in [3.8, 4) is 0 Å².